The fourth-order valence-corrected chi connectivity index (χ4v) is 6.36. The van der Waals surface area contributed by atoms with Crippen LogP contribution in [0.15, 0.2) is 54.6 Å². The number of carbonyl (C=O) groups excluding carboxylic acids is 1. The summed E-state index contributed by atoms with van der Waals surface area (Å²) >= 11 is 0. The van der Waals surface area contributed by atoms with E-state index in [9.17, 15) is 49.2 Å². The fourth-order valence-electron chi connectivity index (χ4n) is 5.67. The fraction of sp³-hybridized carbons (Fsp3) is 0.515. The van der Waals surface area contributed by atoms with Gasteiger partial charge in [-0.3, -0.25) is 48.9 Å². The van der Waals surface area contributed by atoms with Crippen LogP contribution in [0.3, 0.4) is 0 Å². The largest absolute Gasteiger partial charge is 0.480 e. The van der Waals surface area contributed by atoms with E-state index in [2.05, 4.69) is 0 Å². The Morgan fingerprint density at radius 3 is 1.71 bits per heavy atom. The third-order valence-electron chi connectivity index (χ3n) is 8.41. The van der Waals surface area contributed by atoms with E-state index in [-0.39, 0.29) is 104 Å². The van der Waals surface area contributed by atoms with Gasteiger partial charge in [-0.1, -0.05) is 42.5 Å². The molecular weight excluding hydrogens is 689 g/mol. The molecule has 1 fully saturated rings. The summed E-state index contributed by atoms with van der Waals surface area (Å²) in [5, 5.41) is 39.6. The Hall–Kier alpha value is -4.25. The van der Waals surface area contributed by atoms with Crippen LogP contribution in [0.5, 0.6) is 0 Å². The summed E-state index contributed by atoms with van der Waals surface area (Å²) in [5.41, 5.74) is 1.37. The molecule has 0 saturated carbocycles. The minimum absolute atomic E-state index is 0.0419. The molecule has 2 aromatic carbocycles. The second kappa shape index (κ2) is 21.9. The smallest absolute Gasteiger partial charge is 0.317 e. The van der Waals surface area contributed by atoms with Gasteiger partial charge in [-0.25, -0.2) is 0 Å². The second-order valence-corrected chi connectivity index (χ2v) is 13.0. The molecule has 18 heteroatoms. The molecular formula is C33H46N5O12P. The van der Waals surface area contributed by atoms with E-state index in [0.29, 0.717) is 5.56 Å². The van der Waals surface area contributed by atoms with Gasteiger partial charge < -0.3 is 29.4 Å². The Bertz CT molecular complexity index is 1420. The standard InChI is InChI=1S/C33H46N5O12P/c39-29(40)21-34-11-13-35(22-30(41)42)15-17-37(18-16-36(14-12-34)23-31(43)44)33(51-48)49-19-10-27(26-6-8-28(9-7-26)38(46)47)20-32(45)50-24-25-4-2-1-3-5-25/h1-9,27,33H,10-24,51H2,(H,39,40)(H,41,42)(H,43,44). The Morgan fingerprint density at radius 1 is 0.765 bits per heavy atom. The zero-order valence-corrected chi connectivity index (χ0v) is 29.4. The van der Waals surface area contributed by atoms with Gasteiger partial charge in [0.1, 0.15) is 15.1 Å². The van der Waals surface area contributed by atoms with Crippen molar-refractivity contribution in [3.63, 3.8) is 0 Å². The number of rotatable bonds is 18. The number of carboxylic acid groups (broad SMARTS) is 3. The number of carbonyl (C=O) groups is 4. The molecule has 0 amide bonds. The number of nitro benzene ring substituents is 1. The van der Waals surface area contributed by atoms with Crippen LogP contribution in [-0.2, 0) is 39.8 Å². The number of nitrogens with zero attached hydrogens (tertiary/aromatic N) is 5. The molecule has 3 rings (SSSR count). The molecule has 1 aliphatic heterocycles. The van der Waals surface area contributed by atoms with Gasteiger partial charge in [0.25, 0.3) is 5.69 Å². The summed E-state index contributed by atoms with van der Waals surface area (Å²) < 4.78 is 24.2. The van der Waals surface area contributed by atoms with E-state index in [4.69, 9.17) is 9.47 Å². The van der Waals surface area contributed by atoms with Crippen molar-refractivity contribution >= 4 is 38.0 Å². The quantitative estimate of drug-likeness (QED) is 0.0859. The van der Waals surface area contributed by atoms with Crippen LogP contribution >= 0.6 is 8.46 Å². The van der Waals surface area contributed by atoms with Crippen LogP contribution in [0.25, 0.3) is 0 Å². The summed E-state index contributed by atoms with van der Waals surface area (Å²) in [6, 6.07) is 15.0. The summed E-state index contributed by atoms with van der Waals surface area (Å²) in [4.78, 5) is 65.0. The third kappa shape index (κ3) is 15.7. The Morgan fingerprint density at radius 2 is 1.25 bits per heavy atom. The number of esters is 1. The predicted octanol–water partition coefficient (Wildman–Crippen LogP) is 1.73. The third-order valence-corrected chi connectivity index (χ3v) is 9.26. The molecule has 1 heterocycles. The molecule has 3 unspecified atom stereocenters. The summed E-state index contributed by atoms with van der Waals surface area (Å²) in [6.07, 6.45) is 0.234. The SMILES string of the molecule is O=[PH2]C(OCCC(CC(=O)OCc1ccccc1)c1ccc([N+](=O)[O-])cc1)N1CCN(CC(=O)O)CCN(CC(=O)O)CCN(CC(=O)O)CC1. The van der Waals surface area contributed by atoms with Gasteiger partial charge in [0.05, 0.1) is 31.0 Å². The highest BCUT2D eigenvalue weighted by molar-refractivity contribution is 7.24. The highest BCUT2D eigenvalue weighted by Gasteiger charge is 2.25. The maximum Gasteiger partial charge on any atom is 0.317 e. The van der Waals surface area contributed by atoms with Crippen molar-refractivity contribution in [1.82, 2.24) is 19.6 Å². The molecule has 0 aromatic heterocycles. The van der Waals surface area contributed by atoms with Crippen molar-refractivity contribution in [2.24, 2.45) is 0 Å². The van der Waals surface area contributed by atoms with Crippen molar-refractivity contribution in [2.45, 2.75) is 31.3 Å². The summed E-state index contributed by atoms with van der Waals surface area (Å²) in [6.45, 7) is 1.11. The van der Waals surface area contributed by atoms with E-state index < -0.39 is 49.1 Å². The molecule has 280 valence electrons. The Labute approximate surface area is 296 Å². The van der Waals surface area contributed by atoms with Gasteiger partial charge in [-0.05, 0) is 23.5 Å². The lowest BCUT2D eigenvalue weighted by Crippen LogP contribution is -2.50. The Balaban J connectivity index is 1.74. The van der Waals surface area contributed by atoms with Crippen LogP contribution in [0.1, 0.15) is 29.9 Å². The molecule has 2 aromatic rings. The minimum Gasteiger partial charge on any atom is -0.480 e. The van der Waals surface area contributed by atoms with Crippen molar-refractivity contribution in [2.75, 3.05) is 78.6 Å². The highest BCUT2D eigenvalue weighted by atomic mass is 31.1. The van der Waals surface area contributed by atoms with Crippen molar-refractivity contribution in [1.29, 1.82) is 0 Å². The number of hydrogen-bond acceptors (Lipinski definition) is 13. The highest BCUT2D eigenvalue weighted by Crippen LogP contribution is 2.27. The summed E-state index contributed by atoms with van der Waals surface area (Å²) in [7, 11) is -1.55. The van der Waals surface area contributed by atoms with Crippen molar-refractivity contribution in [3.8, 4) is 0 Å². The second-order valence-electron chi connectivity index (χ2n) is 12.1. The molecule has 0 bridgehead atoms. The van der Waals surface area contributed by atoms with E-state index in [0.717, 1.165) is 5.56 Å². The first-order chi connectivity index (χ1) is 24.4. The molecule has 1 saturated heterocycles. The van der Waals surface area contributed by atoms with Crippen LogP contribution in [0, 0.1) is 10.1 Å². The molecule has 0 spiro atoms. The molecule has 17 nitrogen and oxygen atoms in total. The average Bonchev–Trinajstić information content (AvgIpc) is 3.09. The van der Waals surface area contributed by atoms with E-state index in [1.807, 2.05) is 30.3 Å². The van der Waals surface area contributed by atoms with Gasteiger partial charge in [0, 0.05) is 71.1 Å². The molecule has 1 aliphatic rings. The zero-order chi connectivity index (χ0) is 37.2. The first-order valence-corrected chi connectivity index (χ1v) is 17.6. The molecule has 0 radical (unpaired) electrons. The first kappa shape index (κ1) is 41.2. The maximum absolute atomic E-state index is 12.9. The summed E-state index contributed by atoms with van der Waals surface area (Å²) in [5.74, 6) is -5.00. The number of carboxylic acids is 3. The zero-order valence-electron chi connectivity index (χ0n) is 28.3. The predicted molar refractivity (Wildman–Crippen MR) is 185 cm³/mol. The van der Waals surface area contributed by atoms with E-state index >= 15 is 0 Å². The number of aliphatic carboxylic acids is 3. The van der Waals surface area contributed by atoms with Gasteiger partial charge in [0.2, 0.25) is 0 Å². The first-order valence-electron chi connectivity index (χ1n) is 16.5. The van der Waals surface area contributed by atoms with Crippen LogP contribution in [0.2, 0.25) is 0 Å². The van der Waals surface area contributed by atoms with E-state index in [1.165, 1.54) is 12.1 Å². The topological polar surface area (TPSA) is 221 Å². The number of nitro groups is 1. The molecule has 3 N–H and O–H groups in total. The van der Waals surface area contributed by atoms with Crippen molar-refractivity contribution < 1.29 is 53.5 Å². The Kier molecular flexibility index (Phi) is 17.6. The molecule has 0 aliphatic carbocycles. The lowest BCUT2D eigenvalue weighted by Gasteiger charge is -2.35. The van der Waals surface area contributed by atoms with Gasteiger partial charge in [0.15, 0.2) is 5.97 Å². The van der Waals surface area contributed by atoms with E-state index in [1.54, 1.807) is 31.7 Å². The lowest BCUT2D eigenvalue weighted by atomic mass is 9.92. The van der Waals surface area contributed by atoms with Crippen LogP contribution < -0.4 is 0 Å². The maximum atomic E-state index is 12.9. The number of non-ortho nitro benzene ring substituents is 1. The monoisotopic (exact) mass is 735 g/mol. The van der Waals surface area contributed by atoms with Crippen molar-refractivity contribution in [3.05, 3.63) is 75.8 Å². The number of hydrogen-bond donors (Lipinski definition) is 3. The van der Waals surface area contributed by atoms with Gasteiger partial charge in [-0.2, -0.15) is 0 Å². The normalized spacial score (nSPS) is 17.3. The number of benzene rings is 2. The lowest BCUT2D eigenvalue weighted by molar-refractivity contribution is -0.384. The number of ether oxygens (including phenoxy) is 2. The average molecular weight is 736 g/mol. The van der Waals surface area contributed by atoms with Crippen LogP contribution in [0.4, 0.5) is 5.69 Å². The minimum atomic E-state index is -1.55. The molecule has 51 heavy (non-hydrogen) atoms. The van der Waals surface area contributed by atoms with Crippen LogP contribution in [-0.4, -0.2) is 148 Å². The van der Waals surface area contributed by atoms with Gasteiger partial charge in [-0.15, -0.1) is 0 Å². The molecule has 3 atom stereocenters. The van der Waals surface area contributed by atoms with Gasteiger partial charge >= 0.3 is 23.9 Å².